The summed E-state index contributed by atoms with van der Waals surface area (Å²) in [7, 11) is -4.32. The number of nitrogens with one attached hydrogen (secondary N) is 1. The van der Waals surface area contributed by atoms with Gasteiger partial charge in [0.2, 0.25) is 15.9 Å². The smallest absolute Gasteiger partial charge is 0.326 e. The molecule has 0 aromatic heterocycles. The lowest BCUT2D eigenvalue weighted by atomic mass is 9.96. The van der Waals surface area contributed by atoms with Gasteiger partial charge in [0.25, 0.3) is 0 Å². The van der Waals surface area contributed by atoms with Crippen LogP contribution < -0.4 is 5.32 Å². The number of amides is 1. The van der Waals surface area contributed by atoms with Gasteiger partial charge in [-0.05, 0) is 42.5 Å². The van der Waals surface area contributed by atoms with E-state index in [0.29, 0.717) is 0 Å². The maximum absolute atomic E-state index is 13.3. The fourth-order valence-corrected chi connectivity index (χ4v) is 5.45. The zero-order valence-corrected chi connectivity index (χ0v) is 18.1. The standard InChI is InChI=1S/C22H25F3N2O3S/c1-15(2)17-7-3-5-9-19(17)26-21(28)16-11-13-27(14-12-16)31(29,30)20-10-6-4-8-18(20)22(23,24)25/h3-10,15-16H,11-14H2,1-2H3,(H,26,28). The summed E-state index contributed by atoms with van der Waals surface area (Å²) in [6.07, 6.45) is -4.29. The number of para-hydroxylation sites is 1. The highest BCUT2D eigenvalue weighted by molar-refractivity contribution is 7.89. The Morgan fingerprint density at radius 3 is 2.23 bits per heavy atom. The first kappa shape index (κ1) is 23.3. The highest BCUT2D eigenvalue weighted by atomic mass is 32.2. The van der Waals surface area contributed by atoms with Crippen LogP contribution >= 0.6 is 0 Å². The lowest BCUT2D eigenvalue weighted by molar-refractivity contribution is -0.139. The minimum Gasteiger partial charge on any atom is -0.326 e. The van der Waals surface area contributed by atoms with Crippen LogP contribution in [0.25, 0.3) is 0 Å². The number of sulfonamides is 1. The summed E-state index contributed by atoms with van der Waals surface area (Å²) in [6, 6.07) is 11.7. The first-order chi connectivity index (χ1) is 14.5. The number of benzene rings is 2. The lowest BCUT2D eigenvalue weighted by Gasteiger charge is -2.31. The summed E-state index contributed by atoms with van der Waals surface area (Å²) < 4.78 is 66.6. The van der Waals surface area contributed by atoms with E-state index in [1.54, 1.807) is 0 Å². The molecule has 1 fully saturated rings. The van der Waals surface area contributed by atoms with Crippen molar-refractivity contribution < 1.29 is 26.4 Å². The molecule has 3 rings (SSSR count). The monoisotopic (exact) mass is 454 g/mol. The number of rotatable bonds is 5. The predicted octanol–water partition coefficient (Wildman–Crippen LogP) is 4.87. The molecule has 0 unspecified atom stereocenters. The molecule has 0 radical (unpaired) electrons. The summed E-state index contributed by atoms with van der Waals surface area (Å²) >= 11 is 0. The molecule has 1 heterocycles. The van der Waals surface area contributed by atoms with Gasteiger partial charge in [-0.15, -0.1) is 0 Å². The minimum atomic E-state index is -4.77. The lowest BCUT2D eigenvalue weighted by Crippen LogP contribution is -2.42. The molecule has 0 spiro atoms. The van der Waals surface area contributed by atoms with Crippen LogP contribution in [-0.2, 0) is 21.0 Å². The van der Waals surface area contributed by atoms with Gasteiger partial charge in [0.1, 0.15) is 0 Å². The fraction of sp³-hybridized carbons (Fsp3) is 0.409. The molecule has 1 aliphatic heterocycles. The van der Waals surface area contributed by atoms with Crippen LogP contribution in [0.4, 0.5) is 18.9 Å². The molecule has 0 aliphatic carbocycles. The van der Waals surface area contributed by atoms with E-state index in [0.717, 1.165) is 33.8 Å². The molecule has 9 heteroatoms. The van der Waals surface area contributed by atoms with Crippen LogP contribution in [0.1, 0.15) is 43.7 Å². The predicted molar refractivity (Wildman–Crippen MR) is 112 cm³/mol. The normalized spacial score (nSPS) is 16.5. The van der Waals surface area contributed by atoms with E-state index in [1.165, 1.54) is 6.07 Å². The van der Waals surface area contributed by atoms with E-state index >= 15 is 0 Å². The molecular weight excluding hydrogens is 429 g/mol. The topological polar surface area (TPSA) is 66.5 Å². The van der Waals surface area contributed by atoms with Gasteiger partial charge in [0.05, 0.1) is 10.5 Å². The Morgan fingerprint density at radius 1 is 1.03 bits per heavy atom. The number of alkyl halides is 3. The van der Waals surface area contributed by atoms with Crippen molar-refractivity contribution in [2.24, 2.45) is 5.92 Å². The van der Waals surface area contributed by atoms with Crippen molar-refractivity contribution in [2.45, 2.75) is 43.7 Å². The van der Waals surface area contributed by atoms with E-state index in [-0.39, 0.29) is 37.8 Å². The quantitative estimate of drug-likeness (QED) is 0.701. The van der Waals surface area contributed by atoms with Crippen molar-refractivity contribution in [3.8, 4) is 0 Å². The third-order valence-electron chi connectivity index (χ3n) is 5.48. The zero-order valence-electron chi connectivity index (χ0n) is 17.3. The molecule has 168 valence electrons. The Labute approximate surface area is 180 Å². The number of halogens is 3. The van der Waals surface area contributed by atoms with Crippen LogP contribution in [0.2, 0.25) is 0 Å². The first-order valence-corrected chi connectivity index (χ1v) is 11.5. The highest BCUT2D eigenvalue weighted by Gasteiger charge is 2.40. The molecule has 1 aliphatic rings. The fourth-order valence-electron chi connectivity index (χ4n) is 3.77. The second-order valence-corrected chi connectivity index (χ2v) is 9.81. The summed E-state index contributed by atoms with van der Waals surface area (Å²) in [5.41, 5.74) is 0.538. The summed E-state index contributed by atoms with van der Waals surface area (Å²) in [4.78, 5) is 12.0. The van der Waals surface area contributed by atoms with E-state index < -0.39 is 32.6 Å². The van der Waals surface area contributed by atoms with Crippen molar-refractivity contribution in [2.75, 3.05) is 18.4 Å². The van der Waals surface area contributed by atoms with Gasteiger partial charge in [0.15, 0.2) is 0 Å². The van der Waals surface area contributed by atoms with Gasteiger partial charge in [0, 0.05) is 24.7 Å². The van der Waals surface area contributed by atoms with E-state index in [9.17, 15) is 26.4 Å². The van der Waals surface area contributed by atoms with Crippen LogP contribution in [0.15, 0.2) is 53.4 Å². The van der Waals surface area contributed by atoms with Crippen molar-refractivity contribution in [3.63, 3.8) is 0 Å². The second kappa shape index (κ2) is 9.00. The summed E-state index contributed by atoms with van der Waals surface area (Å²) in [5, 5.41) is 2.92. The third-order valence-corrected chi connectivity index (χ3v) is 7.43. The van der Waals surface area contributed by atoms with Gasteiger partial charge in [-0.3, -0.25) is 4.79 Å². The van der Waals surface area contributed by atoms with Crippen LogP contribution in [0.3, 0.4) is 0 Å². The van der Waals surface area contributed by atoms with Gasteiger partial charge < -0.3 is 5.32 Å². The number of carbonyl (C=O) groups is 1. The average Bonchev–Trinajstić information content (AvgIpc) is 2.73. The van der Waals surface area contributed by atoms with Gasteiger partial charge in [-0.2, -0.15) is 17.5 Å². The maximum atomic E-state index is 13.3. The molecule has 1 N–H and O–H groups in total. The number of anilines is 1. The van der Waals surface area contributed by atoms with Gasteiger partial charge in [-0.25, -0.2) is 8.42 Å². The Bertz CT molecular complexity index is 1040. The minimum absolute atomic E-state index is 0.0154. The molecule has 2 aromatic carbocycles. The molecule has 1 saturated heterocycles. The average molecular weight is 455 g/mol. The Kier molecular flexibility index (Phi) is 6.76. The molecule has 2 aromatic rings. The van der Waals surface area contributed by atoms with Crippen molar-refractivity contribution >= 4 is 21.6 Å². The van der Waals surface area contributed by atoms with Crippen LogP contribution in [0, 0.1) is 5.92 Å². The van der Waals surface area contributed by atoms with E-state index in [4.69, 9.17) is 0 Å². The number of piperidine rings is 1. The highest BCUT2D eigenvalue weighted by Crippen LogP contribution is 2.36. The second-order valence-electron chi connectivity index (χ2n) is 7.90. The molecule has 0 bridgehead atoms. The molecule has 0 saturated carbocycles. The van der Waals surface area contributed by atoms with Crippen LogP contribution in [-0.4, -0.2) is 31.7 Å². The first-order valence-electron chi connectivity index (χ1n) is 10.1. The molecule has 5 nitrogen and oxygen atoms in total. The Morgan fingerprint density at radius 2 is 1.61 bits per heavy atom. The summed E-state index contributed by atoms with van der Waals surface area (Å²) in [5.74, 6) is -0.400. The largest absolute Gasteiger partial charge is 0.417 e. The summed E-state index contributed by atoms with van der Waals surface area (Å²) in [6.45, 7) is 4.01. The third kappa shape index (κ3) is 5.10. The van der Waals surface area contributed by atoms with Crippen molar-refractivity contribution in [1.82, 2.24) is 4.31 Å². The molecule has 0 atom stereocenters. The zero-order chi connectivity index (χ0) is 22.8. The van der Waals surface area contributed by atoms with Crippen LogP contribution in [0.5, 0.6) is 0 Å². The van der Waals surface area contributed by atoms with E-state index in [1.807, 2.05) is 38.1 Å². The number of carbonyl (C=O) groups excluding carboxylic acids is 1. The van der Waals surface area contributed by atoms with Gasteiger partial charge >= 0.3 is 6.18 Å². The number of hydrogen-bond donors (Lipinski definition) is 1. The van der Waals surface area contributed by atoms with E-state index in [2.05, 4.69) is 5.32 Å². The maximum Gasteiger partial charge on any atom is 0.417 e. The number of nitrogens with zero attached hydrogens (tertiary/aromatic N) is 1. The Hall–Kier alpha value is -2.39. The van der Waals surface area contributed by atoms with Crippen molar-refractivity contribution in [3.05, 3.63) is 59.7 Å². The molecule has 1 amide bonds. The Balaban J connectivity index is 1.71. The number of hydrogen-bond acceptors (Lipinski definition) is 3. The SMILES string of the molecule is CC(C)c1ccccc1NC(=O)C1CCN(S(=O)(=O)c2ccccc2C(F)(F)F)CC1. The molecular formula is C22H25F3N2O3S. The van der Waals surface area contributed by atoms with Crippen molar-refractivity contribution in [1.29, 1.82) is 0 Å². The molecule has 31 heavy (non-hydrogen) atoms. The van der Waals surface area contributed by atoms with Gasteiger partial charge in [-0.1, -0.05) is 44.2 Å².